The van der Waals surface area contributed by atoms with Gasteiger partial charge >= 0.3 is 24.3 Å². The minimum Gasteiger partial charge on any atom is -0.475 e. The van der Waals surface area contributed by atoms with Crippen LogP contribution in [0.3, 0.4) is 0 Å². The Balaban J connectivity index is 0.000000317. The number of likely N-dealkylation sites (tertiary alicyclic amines) is 1. The van der Waals surface area contributed by atoms with E-state index in [4.69, 9.17) is 29.5 Å². The van der Waals surface area contributed by atoms with Crippen molar-refractivity contribution in [2.75, 3.05) is 37.7 Å². The number of aromatic nitrogens is 3. The van der Waals surface area contributed by atoms with Gasteiger partial charge in [-0.2, -0.15) is 26.3 Å². The zero-order chi connectivity index (χ0) is 32.9. The summed E-state index contributed by atoms with van der Waals surface area (Å²) in [5.74, 6) is -7.51. The number of aryl methyl sites for hydroxylation is 1. The van der Waals surface area contributed by atoms with E-state index in [1.54, 1.807) is 0 Å². The van der Waals surface area contributed by atoms with E-state index >= 15 is 0 Å². The number of fused-ring (bicyclic) bond motifs is 2. The highest BCUT2D eigenvalue weighted by Crippen LogP contribution is 2.40. The topological polar surface area (TPSA) is 129 Å². The molecule has 0 radical (unpaired) electrons. The monoisotopic (exact) mass is 643 g/mol. The Kier molecular flexibility index (Phi) is 10.7. The van der Waals surface area contributed by atoms with Gasteiger partial charge in [0.1, 0.15) is 0 Å². The fourth-order valence-corrected chi connectivity index (χ4v) is 4.83. The number of nitrogens with zero attached hydrogens (tertiary/aromatic N) is 5. The molecule has 3 aliphatic rings. The van der Waals surface area contributed by atoms with Gasteiger partial charge in [-0.1, -0.05) is 6.07 Å². The molecule has 0 saturated carbocycles. The summed E-state index contributed by atoms with van der Waals surface area (Å²) in [6, 6.07) is 4.17. The molecule has 0 amide bonds. The minimum atomic E-state index is -5.08. The molecule has 2 aromatic heterocycles. The Hall–Kier alpha value is -3.67. The van der Waals surface area contributed by atoms with Crippen molar-refractivity contribution in [2.24, 2.45) is 0 Å². The van der Waals surface area contributed by atoms with E-state index in [0.717, 1.165) is 43.0 Å². The first-order valence-corrected chi connectivity index (χ1v) is 13.1. The van der Waals surface area contributed by atoms with Crippen molar-refractivity contribution in [3.05, 3.63) is 47.0 Å². The lowest BCUT2D eigenvalue weighted by atomic mass is 9.80. The Bertz CT molecular complexity index is 1280. The third-order valence-corrected chi connectivity index (χ3v) is 7.06. The fourth-order valence-electron chi connectivity index (χ4n) is 4.83. The molecular formula is C26H29F8N5O5. The summed E-state index contributed by atoms with van der Waals surface area (Å²) in [7, 11) is 0. The maximum absolute atomic E-state index is 13.6. The van der Waals surface area contributed by atoms with Crippen LogP contribution in [0.2, 0.25) is 0 Å². The van der Waals surface area contributed by atoms with Gasteiger partial charge in [0.25, 0.3) is 5.92 Å². The summed E-state index contributed by atoms with van der Waals surface area (Å²) < 4.78 is 96.5. The van der Waals surface area contributed by atoms with Crippen LogP contribution >= 0.6 is 0 Å². The molecule has 3 aliphatic heterocycles. The lowest BCUT2D eigenvalue weighted by Crippen LogP contribution is -2.43. The Morgan fingerprint density at radius 1 is 0.932 bits per heavy atom. The van der Waals surface area contributed by atoms with Crippen molar-refractivity contribution in [3.8, 4) is 0 Å². The van der Waals surface area contributed by atoms with Crippen LogP contribution in [0.1, 0.15) is 41.8 Å². The summed E-state index contributed by atoms with van der Waals surface area (Å²) in [6.07, 6.45) is -5.70. The molecular weight excluding hydrogens is 614 g/mol. The number of carboxylic acids is 2. The molecule has 2 N–H and O–H groups in total. The first-order chi connectivity index (χ1) is 20.3. The van der Waals surface area contributed by atoms with Gasteiger partial charge in [0, 0.05) is 62.7 Å². The molecule has 0 aromatic carbocycles. The first kappa shape index (κ1) is 34.8. The molecule has 244 valence electrons. The zero-order valence-corrected chi connectivity index (χ0v) is 23.3. The molecule has 18 heteroatoms. The minimum absolute atomic E-state index is 0.139. The summed E-state index contributed by atoms with van der Waals surface area (Å²) in [6.45, 7) is 6.40. The van der Waals surface area contributed by atoms with Crippen molar-refractivity contribution in [2.45, 2.75) is 63.0 Å². The van der Waals surface area contributed by atoms with E-state index in [1.807, 2.05) is 30.3 Å². The van der Waals surface area contributed by atoms with E-state index in [-0.39, 0.29) is 18.3 Å². The van der Waals surface area contributed by atoms with Crippen LogP contribution < -0.4 is 4.90 Å². The number of alkyl halides is 8. The van der Waals surface area contributed by atoms with Crippen LogP contribution in [0.25, 0.3) is 0 Å². The third kappa shape index (κ3) is 9.41. The fraction of sp³-hybridized carbons (Fsp3) is 0.577. The number of carboxylic acid groups (broad SMARTS) is 2. The molecule has 0 bridgehead atoms. The summed E-state index contributed by atoms with van der Waals surface area (Å²) in [5, 5.41) is 14.2. The molecule has 2 fully saturated rings. The van der Waals surface area contributed by atoms with Gasteiger partial charge in [-0.05, 0) is 31.5 Å². The van der Waals surface area contributed by atoms with Crippen LogP contribution in [0.4, 0.5) is 41.1 Å². The maximum Gasteiger partial charge on any atom is 0.490 e. The number of halogens is 8. The molecule has 2 saturated heterocycles. The largest absolute Gasteiger partial charge is 0.490 e. The van der Waals surface area contributed by atoms with Crippen molar-refractivity contribution in [1.82, 2.24) is 19.9 Å². The third-order valence-electron chi connectivity index (χ3n) is 7.06. The number of hydrogen-bond acceptors (Lipinski definition) is 8. The smallest absolute Gasteiger partial charge is 0.475 e. The van der Waals surface area contributed by atoms with Crippen LogP contribution in [-0.2, 0) is 32.9 Å². The van der Waals surface area contributed by atoms with Crippen molar-refractivity contribution in [3.63, 3.8) is 0 Å². The SMILES string of the molecule is Cc1ccc(CN2CCC3(COCc4cnc(N5CCC(F)(F)CC5)nc43)C2)cn1.O=C(O)C(F)(F)F.O=C(O)C(F)(F)F. The Labute approximate surface area is 245 Å². The second-order valence-corrected chi connectivity index (χ2v) is 10.5. The number of ether oxygens (including phenoxy) is 1. The molecule has 5 rings (SSSR count). The summed E-state index contributed by atoms with van der Waals surface area (Å²) in [5.41, 5.74) is 4.12. The molecule has 5 heterocycles. The summed E-state index contributed by atoms with van der Waals surface area (Å²) >= 11 is 0. The van der Waals surface area contributed by atoms with E-state index in [2.05, 4.69) is 20.9 Å². The van der Waals surface area contributed by atoms with Crippen LogP contribution in [0, 0.1) is 6.92 Å². The van der Waals surface area contributed by atoms with E-state index in [9.17, 15) is 35.1 Å². The number of rotatable bonds is 3. The summed E-state index contributed by atoms with van der Waals surface area (Å²) in [4.78, 5) is 35.9. The molecule has 2 aromatic rings. The van der Waals surface area contributed by atoms with Gasteiger partial charge in [-0.25, -0.2) is 28.3 Å². The van der Waals surface area contributed by atoms with E-state index < -0.39 is 30.2 Å². The van der Waals surface area contributed by atoms with E-state index in [1.165, 1.54) is 5.56 Å². The average Bonchev–Trinajstić information content (AvgIpc) is 3.32. The molecule has 10 nitrogen and oxygen atoms in total. The molecule has 0 aliphatic carbocycles. The second-order valence-electron chi connectivity index (χ2n) is 10.5. The van der Waals surface area contributed by atoms with Crippen molar-refractivity contribution >= 4 is 17.9 Å². The van der Waals surface area contributed by atoms with Crippen molar-refractivity contribution in [1.29, 1.82) is 0 Å². The van der Waals surface area contributed by atoms with Crippen molar-refractivity contribution < 1.29 is 59.7 Å². The number of anilines is 1. The van der Waals surface area contributed by atoms with Gasteiger partial charge in [-0.3, -0.25) is 9.88 Å². The zero-order valence-electron chi connectivity index (χ0n) is 23.3. The van der Waals surface area contributed by atoms with E-state index in [0.29, 0.717) is 32.3 Å². The highest BCUT2D eigenvalue weighted by atomic mass is 19.4. The van der Waals surface area contributed by atoms with Crippen LogP contribution in [-0.4, -0.2) is 93.1 Å². The average molecular weight is 644 g/mol. The lowest BCUT2D eigenvalue weighted by Gasteiger charge is -2.36. The van der Waals surface area contributed by atoms with Gasteiger partial charge in [-0.15, -0.1) is 0 Å². The number of carbonyl (C=O) groups is 2. The van der Waals surface area contributed by atoms with Gasteiger partial charge in [0.2, 0.25) is 5.95 Å². The van der Waals surface area contributed by atoms with Gasteiger partial charge in [0.05, 0.1) is 24.3 Å². The second kappa shape index (κ2) is 13.5. The first-order valence-electron chi connectivity index (χ1n) is 13.1. The molecule has 1 unspecified atom stereocenters. The van der Waals surface area contributed by atoms with Crippen LogP contribution in [0.15, 0.2) is 24.5 Å². The maximum atomic E-state index is 13.6. The van der Waals surface area contributed by atoms with Gasteiger partial charge in [0.15, 0.2) is 0 Å². The normalized spacial score (nSPS) is 21.4. The number of piperidine rings is 1. The quantitative estimate of drug-likeness (QED) is 0.466. The van der Waals surface area contributed by atoms with Gasteiger partial charge < -0.3 is 19.8 Å². The highest BCUT2D eigenvalue weighted by molar-refractivity contribution is 5.73. The standard InChI is InChI=1S/C22H27F2N5O.2C2HF3O2/c1-16-2-3-17(10-25-16)12-28-7-4-21(14-28)15-30-13-18-11-26-20(27-19(18)21)29-8-5-22(23,24)6-9-29;2*3-2(4,5)1(6)7/h2-3,10-11H,4-9,12-15H2,1H3;2*(H,6,7). The Morgan fingerprint density at radius 3 is 2.05 bits per heavy atom. The highest BCUT2D eigenvalue weighted by Gasteiger charge is 2.45. The molecule has 1 spiro atoms. The Morgan fingerprint density at radius 2 is 1.52 bits per heavy atom. The van der Waals surface area contributed by atoms with Crippen LogP contribution in [0.5, 0.6) is 0 Å². The predicted octanol–water partition coefficient (Wildman–Crippen LogP) is 4.36. The number of aliphatic carboxylic acids is 2. The molecule has 44 heavy (non-hydrogen) atoms. The number of hydrogen-bond donors (Lipinski definition) is 2. The number of pyridine rings is 1. The lowest BCUT2D eigenvalue weighted by molar-refractivity contribution is -0.193. The predicted molar refractivity (Wildman–Crippen MR) is 136 cm³/mol. The molecule has 1 atom stereocenters.